The minimum absolute atomic E-state index is 0.126. The Morgan fingerprint density at radius 1 is 1.36 bits per heavy atom. The van der Waals surface area contributed by atoms with E-state index in [4.69, 9.17) is 5.14 Å². The first kappa shape index (κ1) is 11.7. The summed E-state index contributed by atoms with van der Waals surface area (Å²) in [5.74, 6) is 0.126. The van der Waals surface area contributed by atoms with Crippen LogP contribution in [0.25, 0.3) is 0 Å². The third kappa shape index (κ3) is 2.56. The van der Waals surface area contributed by atoms with E-state index < -0.39 is 10.0 Å². The highest BCUT2D eigenvalue weighted by molar-refractivity contribution is 9.10. The van der Waals surface area contributed by atoms with Gasteiger partial charge in [-0.25, -0.2) is 13.6 Å². The Labute approximate surface area is 92.5 Å². The Kier molecular flexibility index (Phi) is 3.34. The molecule has 78 valence electrons. The summed E-state index contributed by atoms with van der Waals surface area (Å²) < 4.78 is 23.3. The van der Waals surface area contributed by atoms with Gasteiger partial charge < -0.3 is 0 Å². The molecule has 0 aliphatic heterocycles. The first-order valence-electron chi connectivity index (χ1n) is 4.14. The van der Waals surface area contributed by atoms with Gasteiger partial charge in [0.05, 0.1) is 4.90 Å². The fourth-order valence-electron chi connectivity index (χ4n) is 1.23. The molecular formula is C9H12BrNO2S. The minimum Gasteiger partial charge on any atom is -0.225 e. The van der Waals surface area contributed by atoms with E-state index in [1.807, 2.05) is 13.8 Å². The number of hydrogen-bond acceptors (Lipinski definition) is 2. The van der Waals surface area contributed by atoms with Crippen molar-refractivity contribution in [2.45, 2.75) is 24.7 Å². The van der Waals surface area contributed by atoms with Crippen LogP contribution in [0.3, 0.4) is 0 Å². The van der Waals surface area contributed by atoms with E-state index in [9.17, 15) is 8.42 Å². The number of halogens is 1. The molecule has 0 unspecified atom stereocenters. The Hall–Kier alpha value is -0.390. The maximum atomic E-state index is 11.2. The molecule has 1 aromatic rings. The zero-order valence-corrected chi connectivity index (χ0v) is 10.4. The van der Waals surface area contributed by atoms with E-state index in [1.54, 1.807) is 12.1 Å². The molecule has 1 aromatic carbocycles. The Bertz CT molecular complexity index is 440. The van der Waals surface area contributed by atoms with Crippen LogP contribution in [0.2, 0.25) is 0 Å². The van der Waals surface area contributed by atoms with E-state index in [1.165, 1.54) is 6.07 Å². The summed E-state index contributed by atoms with van der Waals surface area (Å²) in [5, 5.41) is 5.10. The molecule has 0 aromatic heterocycles. The largest absolute Gasteiger partial charge is 0.238 e. The normalized spacial score (nSPS) is 12.1. The van der Waals surface area contributed by atoms with Crippen LogP contribution >= 0.6 is 15.9 Å². The maximum Gasteiger partial charge on any atom is 0.238 e. The predicted molar refractivity (Wildman–Crippen MR) is 59.6 cm³/mol. The molecule has 0 aliphatic rings. The predicted octanol–water partition coefficient (Wildman–Crippen LogP) is 2.22. The third-order valence-corrected chi connectivity index (χ3v) is 3.38. The smallest absolute Gasteiger partial charge is 0.225 e. The lowest BCUT2D eigenvalue weighted by atomic mass is 10.0. The number of hydrogen-bond donors (Lipinski definition) is 1. The van der Waals surface area contributed by atoms with E-state index in [0.29, 0.717) is 0 Å². The molecule has 0 saturated carbocycles. The molecule has 3 nitrogen and oxygen atoms in total. The Morgan fingerprint density at radius 3 is 2.36 bits per heavy atom. The van der Waals surface area contributed by atoms with Crippen molar-refractivity contribution in [3.63, 3.8) is 0 Å². The number of nitrogens with two attached hydrogens (primary N) is 1. The molecule has 0 bridgehead atoms. The van der Waals surface area contributed by atoms with E-state index in [-0.39, 0.29) is 10.8 Å². The summed E-state index contributed by atoms with van der Waals surface area (Å²) in [7, 11) is -3.62. The third-order valence-electron chi connectivity index (χ3n) is 1.90. The molecule has 0 spiro atoms. The average Bonchev–Trinajstić information content (AvgIpc) is 2.01. The highest BCUT2D eigenvalue weighted by Gasteiger charge is 2.15. The molecule has 0 fully saturated rings. The molecule has 0 radical (unpaired) electrons. The zero-order valence-electron chi connectivity index (χ0n) is 7.99. The van der Waals surface area contributed by atoms with Gasteiger partial charge in [0.25, 0.3) is 0 Å². The molecule has 2 N–H and O–H groups in total. The van der Waals surface area contributed by atoms with Crippen LogP contribution in [0.4, 0.5) is 0 Å². The van der Waals surface area contributed by atoms with Crippen LogP contribution in [0.1, 0.15) is 25.3 Å². The van der Waals surface area contributed by atoms with Gasteiger partial charge in [0.15, 0.2) is 0 Å². The number of rotatable bonds is 2. The van der Waals surface area contributed by atoms with Gasteiger partial charge in [0, 0.05) is 4.47 Å². The van der Waals surface area contributed by atoms with Gasteiger partial charge in [-0.2, -0.15) is 0 Å². The van der Waals surface area contributed by atoms with Crippen LogP contribution in [-0.2, 0) is 10.0 Å². The lowest BCUT2D eigenvalue weighted by Crippen LogP contribution is -2.15. The lowest BCUT2D eigenvalue weighted by Gasteiger charge is -2.11. The molecular weight excluding hydrogens is 266 g/mol. The summed E-state index contributed by atoms with van der Waals surface area (Å²) >= 11 is 3.30. The first-order valence-corrected chi connectivity index (χ1v) is 6.48. The highest BCUT2D eigenvalue weighted by atomic mass is 79.9. The Balaban J connectivity index is 3.45. The first-order chi connectivity index (χ1) is 6.32. The van der Waals surface area contributed by atoms with Gasteiger partial charge in [-0.3, -0.25) is 0 Å². The van der Waals surface area contributed by atoms with Crippen LogP contribution in [-0.4, -0.2) is 8.42 Å². The van der Waals surface area contributed by atoms with E-state index in [2.05, 4.69) is 15.9 Å². The van der Waals surface area contributed by atoms with Gasteiger partial charge in [-0.1, -0.05) is 29.8 Å². The number of primary sulfonamides is 1. The topological polar surface area (TPSA) is 60.2 Å². The molecule has 5 heteroatoms. The van der Waals surface area contributed by atoms with Crippen molar-refractivity contribution in [3.8, 4) is 0 Å². The van der Waals surface area contributed by atoms with Crippen molar-refractivity contribution in [1.82, 2.24) is 0 Å². The molecule has 0 amide bonds. The quantitative estimate of drug-likeness (QED) is 0.901. The molecule has 14 heavy (non-hydrogen) atoms. The zero-order chi connectivity index (χ0) is 10.9. The van der Waals surface area contributed by atoms with Gasteiger partial charge in [0.2, 0.25) is 10.0 Å². The molecule has 0 saturated heterocycles. The summed E-state index contributed by atoms with van der Waals surface area (Å²) in [4.78, 5) is 0.204. The fraction of sp³-hybridized carbons (Fsp3) is 0.333. The van der Waals surface area contributed by atoms with Crippen molar-refractivity contribution in [3.05, 3.63) is 28.2 Å². The van der Waals surface area contributed by atoms with Crippen molar-refractivity contribution in [2.24, 2.45) is 5.14 Å². The second-order valence-corrected chi connectivity index (χ2v) is 5.83. The molecule has 0 heterocycles. The molecule has 0 aliphatic carbocycles. The van der Waals surface area contributed by atoms with Gasteiger partial charge in [-0.05, 0) is 29.7 Å². The number of benzene rings is 1. The van der Waals surface area contributed by atoms with E-state index >= 15 is 0 Å². The standard InChI is InChI=1S/C9H12BrNO2S/c1-6(2)8-5-7(10)3-4-9(8)14(11,12)13/h3-6H,1-2H3,(H2,11,12,13). The molecule has 1 rings (SSSR count). The van der Waals surface area contributed by atoms with Gasteiger partial charge in [0.1, 0.15) is 0 Å². The lowest BCUT2D eigenvalue weighted by molar-refractivity contribution is 0.595. The van der Waals surface area contributed by atoms with Gasteiger partial charge in [-0.15, -0.1) is 0 Å². The SMILES string of the molecule is CC(C)c1cc(Br)ccc1S(N)(=O)=O. The van der Waals surface area contributed by atoms with Crippen LogP contribution in [0.5, 0.6) is 0 Å². The Morgan fingerprint density at radius 2 is 1.93 bits per heavy atom. The van der Waals surface area contributed by atoms with E-state index in [0.717, 1.165) is 10.0 Å². The van der Waals surface area contributed by atoms with Gasteiger partial charge >= 0.3 is 0 Å². The highest BCUT2D eigenvalue weighted by Crippen LogP contribution is 2.26. The van der Waals surface area contributed by atoms with Crippen LogP contribution in [0, 0.1) is 0 Å². The van der Waals surface area contributed by atoms with Crippen molar-refractivity contribution in [1.29, 1.82) is 0 Å². The van der Waals surface area contributed by atoms with Crippen molar-refractivity contribution >= 4 is 26.0 Å². The summed E-state index contributed by atoms with van der Waals surface area (Å²) in [6, 6.07) is 4.98. The number of sulfonamides is 1. The average molecular weight is 278 g/mol. The van der Waals surface area contributed by atoms with Crippen LogP contribution < -0.4 is 5.14 Å². The second kappa shape index (κ2) is 4.00. The second-order valence-electron chi connectivity index (χ2n) is 3.38. The monoisotopic (exact) mass is 277 g/mol. The van der Waals surface area contributed by atoms with Crippen LogP contribution in [0.15, 0.2) is 27.6 Å². The molecule has 0 atom stereocenters. The van der Waals surface area contributed by atoms with Crippen molar-refractivity contribution < 1.29 is 8.42 Å². The minimum atomic E-state index is -3.62. The maximum absolute atomic E-state index is 11.2. The van der Waals surface area contributed by atoms with Crippen molar-refractivity contribution in [2.75, 3.05) is 0 Å². The summed E-state index contributed by atoms with van der Waals surface area (Å²) in [6.07, 6.45) is 0. The summed E-state index contributed by atoms with van der Waals surface area (Å²) in [6.45, 7) is 3.85. The summed E-state index contributed by atoms with van der Waals surface area (Å²) in [5.41, 5.74) is 0.738. The fourth-order valence-corrected chi connectivity index (χ4v) is 2.49.